The number of anilines is 1. The Hall–Kier alpha value is -3.42. The van der Waals surface area contributed by atoms with Gasteiger partial charge >= 0.3 is 0 Å². The molecule has 152 valence electrons. The molecule has 8 heteroatoms. The number of hydrogen-bond acceptors (Lipinski definition) is 4. The van der Waals surface area contributed by atoms with Crippen molar-refractivity contribution in [2.45, 2.75) is 19.3 Å². The zero-order valence-electron chi connectivity index (χ0n) is 15.8. The van der Waals surface area contributed by atoms with Gasteiger partial charge < -0.3 is 20.7 Å². The number of halogens is 1. The van der Waals surface area contributed by atoms with Gasteiger partial charge in [-0.05, 0) is 47.9 Å². The number of hydrogen-bond donors (Lipinski definition) is 3. The van der Waals surface area contributed by atoms with Crippen molar-refractivity contribution < 1.29 is 23.5 Å². The van der Waals surface area contributed by atoms with Crippen molar-refractivity contribution in [3.8, 4) is 5.75 Å². The number of benzene rings is 2. The molecule has 0 saturated carbocycles. The number of amides is 3. The zero-order chi connectivity index (χ0) is 20.6. The lowest BCUT2D eigenvalue weighted by molar-refractivity contribution is -0.124. The fourth-order valence-electron chi connectivity index (χ4n) is 2.95. The van der Waals surface area contributed by atoms with Crippen LogP contribution >= 0.6 is 0 Å². The van der Waals surface area contributed by atoms with E-state index in [-0.39, 0.29) is 49.7 Å². The summed E-state index contributed by atoms with van der Waals surface area (Å²) in [4.78, 5) is 35.1. The van der Waals surface area contributed by atoms with Crippen molar-refractivity contribution in [1.82, 2.24) is 10.6 Å². The van der Waals surface area contributed by atoms with E-state index in [0.29, 0.717) is 24.2 Å². The molecule has 3 amide bonds. The monoisotopic (exact) mass is 399 g/mol. The predicted molar refractivity (Wildman–Crippen MR) is 105 cm³/mol. The van der Waals surface area contributed by atoms with Crippen molar-refractivity contribution in [3.63, 3.8) is 0 Å². The molecule has 3 N–H and O–H groups in total. The van der Waals surface area contributed by atoms with Gasteiger partial charge in [0, 0.05) is 25.2 Å². The summed E-state index contributed by atoms with van der Waals surface area (Å²) in [5, 5.41) is 8.11. The summed E-state index contributed by atoms with van der Waals surface area (Å²) in [6, 6.07) is 11.1. The van der Waals surface area contributed by atoms with Crippen molar-refractivity contribution in [3.05, 3.63) is 59.4 Å². The number of nitrogens with one attached hydrogen (secondary N) is 3. The molecule has 0 spiro atoms. The highest BCUT2D eigenvalue weighted by molar-refractivity contribution is 5.94. The van der Waals surface area contributed by atoms with Gasteiger partial charge in [-0.2, -0.15) is 0 Å². The molecule has 0 saturated heterocycles. The van der Waals surface area contributed by atoms with E-state index in [1.807, 2.05) is 6.07 Å². The molecule has 7 nitrogen and oxygen atoms in total. The maximum absolute atomic E-state index is 13.1. The van der Waals surface area contributed by atoms with E-state index in [1.54, 1.807) is 24.3 Å². The number of rotatable bonds is 8. The molecule has 1 heterocycles. The van der Waals surface area contributed by atoms with Gasteiger partial charge in [0.2, 0.25) is 11.8 Å². The van der Waals surface area contributed by atoms with Crippen molar-refractivity contribution >= 4 is 23.4 Å². The first-order valence-electron chi connectivity index (χ1n) is 9.33. The Kier molecular flexibility index (Phi) is 6.78. The molecule has 0 fully saturated rings. The Balaban J connectivity index is 1.33. The van der Waals surface area contributed by atoms with E-state index in [0.717, 1.165) is 11.3 Å². The van der Waals surface area contributed by atoms with Crippen molar-refractivity contribution in [1.29, 1.82) is 0 Å². The third-order valence-corrected chi connectivity index (χ3v) is 4.37. The van der Waals surface area contributed by atoms with Crippen molar-refractivity contribution in [2.75, 3.05) is 25.0 Å². The summed E-state index contributed by atoms with van der Waals surface area (Å²) in [6.07, 6.45) is 1.15. The Morgan fingerprint density at radius 1 is 1.03 bits per heavy atom. The van der Waals surface area contributed by atoms with E-state index >= 15 is 0 Å². The molecule has 0 radical (unpaired) electrons. The number of carbonyl (C=O) groups excluding carboxylic acids is 3. The molecular formula is C21H22FN3O4. The van der Waals surface area contributed by atoms with Crippen LogP contribution in [0.5, 0.6) is 5.75 Å². The van der Waals surface area contributed by atoms with Crippen LogP contribution in [-0.2, 0) is 27.2 Å². The van der Waals surface area contributed by atoms with Crippen LogP contribution in [0.1, 0.15) is 17.5 Å². The topological polar surface area (TPSA) is 96.5 Å². The van der Waals surface area contributed by atoms with Gasteiger partial charge in [-0.3, -0.25) is 14.4 Å². The number of ether oxygens (including phenoxy) is 1. The van der Waals surface area contributed by atoms with Crippen LogP contribution in [0.25, 0.3) is 0 Å². The van der Waals surface area contributed by atoms with Gasteiger partial charge in [0.05, 0.1) is 6.42 Å². The predicted octanol–water partition coefficient (Wildman–Crippen LogP) is 1.56. The maximum atomic E-state index is 13.1. The zero-order valence-corrected chi connectivity index (χ0v) is 15.8. The van der Waals surface area contributed by atoms with E-state index in [1.165, 1.54) is 12.1 Å². The molecule has 1 aliphatic heterocycles. The lowest BCUT2D eigenvalue weighted by atomic mass is 10.0. The summed E-state index contributed by atoms with van der Waals surface area (Å²) in [6.45, 7) is 0.369. The second-order valence-corrected chi connectivity index (χ2v) is 6.66. The van der Waals surface area contributed by atoms with E-state index in [4.69, 9.17) is 4.74 Å². The normalized spacial score (nSPS) is 12.5. The second kappa shape index (κ2) is 9.68. The van der Waals surface area contributed by atoms with Crippen LogP contribution in [0.15, 0.2) is 42.5 Å². The quantitative estimate of drug-likeness (QED) is 0.587. The van der Waals surface area contributed by atoms with E-state index < -0.39 is 0 Å². The van der Waals surface area contributed by atoms with Gasteiger partial charge in [0.1, 0.15) is 11.6 Å². The summed E-state index contributed by atoms with van der Waals surface area (Å²) in [5.41, 5.74) is 2.33. The Labute approximate surface area is 167 Å². The number of aryl methyl sites for hydroxylation is 1. The third kappa shape index (κ3) is 6.31. The van der Waals surface area contributed by atoms with Crippen LogP contribution in [0, 0.1) is 5.82 Å². The lowest BCUT2D eigenvalue weighted by Gasteiger charge is -2.17. The van der Waals surface area contributed by atoms with Gasteiger partial charge in [-0.1, -0.05) is 12.1 Å². The standard InChI is InChI=1S/C21H22FN3O4/c22-16-3-1-2-14(10-16)11-20(27)23-8-9-24-21(28)13-29-17-5-6-18-15(12-17)4-7-19(26)25-18/h1-3,5-6,10,12H,4,7-9,11,13H2,(H,23,27)(H,24,28)(H,25,26). The summed E-state index contributed by atoms with van der Waals surface area (Å²) < 4.78 is 18.6. The summed E-state index contributed by atoms with van der Waals surface area (Å²) in [5.74, 6) is -0.393. The average Bonchev–Trinajstić information content (AvgIpc) is 2.69. The molecule has 2 aromatic rings. The van der Waals surface area contributed by atoms with Gasteiger partial charge in [0.15, 0.2) is 6.61 Å². The molecule has 3 rings (SSSR count). The first kappa shape index (κ1) is 20.3. The molecule has 0 bridgehead atoms. The van der Waals surface area contributed by atoms with Crippen LogP contribution in [-0.4, -0.2) is 37.4 Å². The minimum Gasteiger partial charge on any atom is -0.484 e. The van der Waals surface area contributed by atoms with Crippen LogP contribution in [0.4, 0.5) is 10.1 Å². The molecule has 0 unspecified atom stereocenters. The molecule has 0 atom stereocenters. The molecular weight excluding hydrogens is 377 g/mol. The third-order valence-electron chi connectivity index (χ3n) is 4.37. The highest BCUT2D eigenvalue weighted by Gasteiger charge is 2.15. The largest absolute Gasteiger partial charge is 0.484 e. The minimum absolute atomic E-state index is 0.00595. The molecule has 29 heavy (non-hydrogen) atoms. The van der Waals surface area contributed by atoms with E-state index in [9.17, 15) is 18.8 Å². The van der Waals surface area contributed by atoms with E-state index in [2.05, 4.69) is 16.0 Å². The fourth-order valence-corrected chi connectivity index (χ4v) is 2.95. The van der Waals surface area contributed by atoms with Gasteiger partial charge in [-0.15, -0.1) is 0 Å². The molecule has 1 aliphatic rings. The Morgan fingerprint density at radius 2 is 1.83 bits per heavy atom. The van der Waals surface area contributed by atoms with Crippen LogP contribution < -0.4 is 20.7 Å². The second-order valence-electron chi connectivity index (χ2n) is 6.66. The highest BCUT2D eigenvalue weighted by atomic mass is 19.1. The minimum atomic E-state index is -0.383. The van der Waals surface area contributed by atoms with Crippen LogP contribution in [0.2, 0.25) is 0 Å². The highest BCUT2D eigenvalue weighted by Crippen LogP contribution is 2.26. The fraction of sp³-hybridized carbons (Fsp3) is 0.286. The van der Waals surface area contributed by atoms with Crippen LogP contribution in [0.3, 0.4) is 0 Å². The summed E-state index contributed by atoms with van der Waals surface area (Å²) in [7, 11) is 0. The van der Waals surface area contributed by atoms with Gasteiger partial charge in [-0.25, -0.2) is 4.39 Å². The number of fused-ring (bicyclic) bond motifs is 1. The Morgan fingerprint density at radius 3 is 2.62 bits per heavy atom. The first-order chi connectivity index (χ1) is 14.0. The SMILES string of the molecule is O=C(COc1ccc2c(c1)CCC(=O)N2)NCCNC(=O)Cc1cccc(F)c1. The number of carbonyl (C=O) groups is 3. The smallest absolute Gasteiger partial charge is 0.258 e. The average molecular weight is 399 g/mol. The molecule has 0 aromatic heterocycles. The molecule has 0 aliphatic carbocycles. The Bertz CT molecular complexity index is 917. The summed E-state index contributed by atoms with van der Waals surface area (Å²) >= 11 is 0. The molecule has 2 aromatic carbocycles. The van der Waals surface area contributed by atoms with Gasteiger partial charge in [0.25, 0.3) is 5.91 Å². The maximum Gasteiger partial charge on any atom is 0.258 e. The van der Waals surface area contributed by atoms with Crippen molar-refractivity contribution in [2.24, 2.45) is 0 Å². The first-order valence-corrected chi connectivity index (χ1v) is 9.33. The lowest BCUT2D eigenvalue weighted by Crippen LogP contribution is -2.37.